The Bertz CT molecular complexity index is 1680. The molecule has 272 valence electrons. The fraction of sp³-hybridized carbons (Fsp3) is 0.531. The Morgan fingerprint density at radius 3 is 1.94 bits per heavy atom. The number of fused-ring (bicyclic) bond motifs is 1. The smallest absolute Gasteiger partial charge is 0.416 e. The Labute approximate surface area is 280 Å². The zero-order valence-corrected chi connectivity index (χ0v) is 27.0. The topological polar surface area (TPSA) is 93.5 Å². The summed E-state index contributed by atoms with van der Waals surface area (Å²) in [5.74, 6) is -1.96. The molecule has 50 heavy (non-hydrogen) atoms. The lowest BCUT2D eigenvalue weighted by Crippen LogP contribution is -2.50. The highest BCUT2D eigenvalue weighted by molar-refractivity contribution is 5.97. The summed E-state index contributed by atoms with van der Waals surface area (Å²) in [5.41, 5.74) is -4.60. The van der Waals surface area contributed by atoms with Crippen LogP contribution in [0, 0.1) is 11.8 Å². The molecule has 0 spiro atoms. The number of esters is 1. The fourth-order valence-electron chi connectivity index (χ4n) is 6.80. The van der Waals surface area contributed by atoms with Crippen molar-refractivity contribution >= 4 is 23.5 Å². The number of alkyl halides is 9. The SMILES string of the molecule is CCC1CC(N(Cc2cc(C(F)(F)F)cc(C(F)(F)F)c2)c2nnn(C)n2)c2cc(C(F)(F)F)ccc2N1C(=O)C1CCC(C(=O)OC)CC1. The molecule has 1 aliphatic carbocycles. The third-order valence-corrected chi connectivity index (χ3v) is 9.28. The Kier molecular flexibility index (Phi) is 10.1. The third-order valence-electron chi connectivity index (χ3n) is 9.28. The Morgan fingerprint density at radius 1 is 0.860 bits per heavy atom. The number of halogens is 9. The second-order valence-corrected chi connectivity index (χ2v) is 12.5. The lowest BCUT2D eigenvalue weighted by Gasteiger charge is -2.46. The van der Waals surface area contributed by atoms with Gasteiger partial charge in [0.1, 0.15) is 0 Å². The van der Waals surface area contributed by atoms with Crippen LogP contribution >= 0.6 is 0 Å². The second kappa shape index (κ2) is 13.7. The fourth-order valence-corrected chi connectivity index (χ4v) is 6.80. The summed E-state index contributed by atoms with van der Waals surface area (Å²) < 4.78 is 130. The number of anilines is 2. The van der Waals surface area contributed by atoms with Crippen LogP contribution in [0.1, 0.15) is 79.3 Å². The number of aryl methyl sites for hydroxylation is 1. The Balaban J connectivity index is 1.62. The molecule has 2 aromatic carbocycles. The minimum atomic E-state index is -5.14. The van der Waals surface area contributed by atoms with Crippen molar-refractivity contribution in [3.8, 4) is 0 Å². The maximum Gasteiger partial charge on any atom is 0.416 e. The van der Waals surface area contributed by atoms with Gasteiger partial charge in [-0.2, -0.15) is 44.3 Å². The van der Waals surface area contributed by atoms with E-state index in [1.54, 1.807) is 6.92 Å². The van der Waals surface area contributed by atoms with Gasteiger partial charge in [-0.3, -0.25) is 9.59 Å². The van der Waals surface area contributed by atoms with E-state index in [0.717, 1.165) is 23.0 Å². The van der Waals surface area contributed by atoms with E-state index in [-0.39, 0.29) is 41.5 Å². The molecule has 2 unspecified atom stereocenters. The van der Waals surface area contributed by atoms with Gasteiger partial charge in [-0.15, -0.1) is 5.10 Å². The predicted molar refractivity (Wildman–Crippen MR) is 159 cm³/mol. The number of methoxy groups -OCH3 is 1. The van der Waals surface area contributed by atoms with Crippen LogP contribution in [0.15, 0.2) is 36.4 Å². The molecular weight excluding hydrogens is 687 g/mol. The minimum absolute atomic E-state index is 0.0187. The lowest BCUT2D eigenvalue weighted by molar-refractivity contribution is -0.147. The first-order valence-corrected chi connectivity index (χ1v) is 15.7. The van der Waals surface area contributed by atoms with Gasteiger partial charge in [-0.05, 0) is 91.3 Å². The average Bonchev–Trinajstić information content (AvgIpc) is 3.50. The number of rotatable bonds is 7. The lowest BCUT2D eigenvalue weighted by atomic mass is 9.80. The molecule has 1 aliphatic heterocycles. The first-order chi connectivity index (χ1) is 23.3. The number of carbonyl (C=O) groups excluding carboxylic acids is 2. The molecule has 18 heteroatoms. The first kappa shape index (κ1) is 36.9. The highest BCUT2D eigenvalue weighted by Crippen LogP contribution is 2.47. The zero-order valence-electron chi connectivity index (χ0n) is 27.0. The van der Waals surface area contributed by atoms with Crippen molar-refractivity contribution in [3.05, 3.63) is 64.2 Å². The standard InChI is InChI=1S/C32H33F9N6O3/c1-4-23-15-26(46(29-42-44-45(2)43-29)16-17-11-21(31(36,37)38)13-22(12-17)32(39,40)41)24-14-20(30(33,34)35)9-10-25(24)47(23)27(48)18-5-7-19(8-6-18)28(49)50-3/h9-14,18-19,23,26H,4-8,15-16H2,1-3H3. The van der Waals surface area contributed by atoms with Gasteiger partial charge in [-0.1, -0.05) is 12.0 Å². The Morgan fingerprint density at radius 2 is 1.44 bits per heavy atom. The van der Waals surface area contributed by atoms with E-state index in [1.165, 1.54) is 24.0 Å². The second-order valence-electron chi connectivity index (χ2n) is 12.5. The highest BCUT2D eigenvalue weighted by Gasteiger charge is 2.44. The maximum absolute atomic E-state index is 14.1. The van der Waals surface area contributed by atoms with Crippen LogP contribution in [-0.2, 0) is 46.4 Å². The van der Waals surface area contributed by atoms with Gasteiger partial charge in [-0.25, -0.2) is 0 Å². The van der Waals surface area contributed by atoms with E-state index in [9.17, 15) is 49.1 Å². The third kappa shape index (κ3) is 7.67. The van der Waals surface area contributed by atoms with Gasteiger partial charge in [0.2, 0.25) is 5.91 Å². The number of carbonyl (C=O) groups is 2. The van der Waals surface area contributed by atoms with E-state index in [2.05, 4.69) is 15.4 Å². The summed E-state index contributed by atoms with van der Waals surface area (Å²) >= 11 is 0. The van der Waals surface area contributed by atoms with Gasteiger partial charge in [0.25, 0.3) is 5.95 Å². The number of amides is 1. The van der Waals surface area contributed by atoms with Crippen LogP contribution in [0.25, 0.3) is 0 Å². The highest BCUT2D eigenvalue weighted by atomic mass is 19.4. The van der Waals surface area contributed by atoms with Crippen LogP contribution in [0.3, 0.4) is 0 Å². The molecule has 0 N–H and O–H groups in total. The molecule has 1 saturated carbocycles. The number of tetrazole rings is 1. The van der Waals surface area contributed by atoms with Crippen LogP contribution in [0.5, 0.6) is 0 Å². The maximum atomic E-state index is 14.1. The van der Waals surface area contributed by atoms with Crippen molar-refractivity contribution in [3.63, 3.8) is 0 Å². The normalized spacial score (nSPS) is 21.5. The molecule has 1 fully saturated rings. The van der Waals surface area contributed by atoms with Crippen LogP contribution in [0.4, 0.5) is 51.1 Å². The van der Waals surface area contributed by atoms with Crippen LogP contribution in [0.2, 0.25) is 0 Å². The van der Waals surface area contributed by atoms with Crippen LogP contribution < -0.4 is 9.80 Å². The predicted octanol–water partition coefficient (Wildman–Crippen LogP) is 7.51. The minimum Gasteiger partial charge on any atom is -0.469 e. The zero-order chi connectivity index (χ0) is 36.8. The van der Waals surface area contributed by atoms with Crippen molar-refractivity contribution in [2.45, 2.75) is 82.6 Å². The summed E-state index contributed by atoms with van der Waals surface area (Å²) in [5, 5.41) is 11.8. The summed E-state index contributed by atoms with van der Waals surface area (Å²) in [6.07, 6.45) is -13.5. The monoisotopic (exact) mass is 720 g/mol. The van der Waals surface area contributed by atoms with Crippen LogP contribution in [-0.4, -0.2) is 45.2 Å². The molecule has 2 heterocycles. The molecule has 5 rings (SSSR count). The van der Waals surface area contributed by atoms with E-state index in [1.807, 2.05) is 0 Å². The summed E-state index contributed by atoms with van der Waals surface area (Å²) in [6.45, 7) is 1.07. The van der Waals surface area contributed by atoms with Crippen molar-refractivity contribution in [2.24, 2.45) is 18.9 Å². The molecule has 1 amide bonds. The van der Waals surface area contributed by atoms with Gasteiger partial charge in [0.05, 0.1) is 42.8 Å². The Hall–Kier alpha value is -4.38. The van der Waals surface area contributed by atoms with Crippen molar-refractivity contribution in [1.29, 1.82) is 0 Å². The van der Waals surface area contributed by atoms with E-state index < -0.39 is 71.3 Å². The quantitative estimate of drug-likeness (QED) is 0.184. The van der Waals surface area contributed by atoms with E-state index >= 15 is 0 Å². The van der Waals surface area contributed by atoms with Gasteiger partial charge >= 0.3 is 24.5 Å². The first-order valence-electron chi connectivity index (χ1n) is 15.7. The van der Waals surface area contributed by atoms with Crippen molar-refractivity contribution in [1.82, 2.24) is 20.2 Å². The van der Waals surface area contributed by atoms with Gasteiger partial charge < -0.3 is 14.5 Å². The van der Waals surface area contributed by atoms with Crippen molar-refractivity contribution < 1.29 is 53.8 Å². The summed E-state index contributed by atoms with van der Waals surface area (Å²) in [7, 11) is 2.63. The largest absolute Gasteiger partial charge is 0.469 e. The number of ether oxygens (including phenoxy) is 1. The number of hydrogen-bond acceptors (Lipinski definition) is 7. The molecule has 1 aromatic heterocycles. The van der Waals surface area contributed by atoms with Gasteiger partial charge in [0.15, 0.2) is 0 Å². The van der Waals surface area contributed by atoms with E-state index in [4.69, 9.17) is 4.74 Å². The van der Waals surface area contributed by atoms with Crippen molar-refractivity contribution in [2.75, 3.05) is 16.9 Å². The molecule has 0 radical (unpaired) electrons. The molecule has 2 aliphatic rings. The average molecular weight is 721 g/mol. The molecule has 0 saturated heterocycles. The summed E-state index contributed by atoms with van der Waals surface area (Å²) in [4.78, 5) is 29.8. The molecule has 9 nitrogen and oxygen atoms in total. The number of benzene rings is 2. The molecule has 2 atom stereocenters. The molecular formula is C32H33F9N6O3. The van der Waals surface area contributed by atoms with Gasteiger partial charge in [0, 0.05) is 24.2 Å². The summed E-state index contributed by atoms with van der Waals surface area (Å²) in [6, 6.07) is 2.05. The number of aromatic nitrogens is 4. The molecule has 3 aromatic rings. The number of hydrogen-bond donors (Lipinski definition) is 0. The van der Waals surface area contributed by atoms with E-state index in [0.29, 0.717) is 44.2 Å². The molecule has 0 bridgehead atoms. The number of nitrogens with zero attached hydrogens (tertiary/aromatic N) is 6.